The molecule has 10 heteroatoms. The van der Waals surface area contributed by atoms with Crippen LogP contribution in [0.4, 0.5) is 0 Å². The molecule has 96 valence electrons. The second-order valence-electron chi connectivity index (χ2n) is 2.90. The molecule has 0 aromatic carbocycles. The topological polar surface area (TPSA) is 165 Å². The van der Waals surface area contributed by atoms with E-state index in [9.17, 15) is 14.5 Å². The Morgan fingerprint density at radius 3 is 2.12 bits per heavy atom. The van der Waals surface area contributed by atoms with Crippen molar-refractivity contribution >= 4 is 14.1 Å². The number of phosphoric ester groups is 1. The summed E-state index contributed by atoms with van der Waals surface area (Å²) in [6, 6.07) is 0. The molecular formula is C6H13O9P. The monoisotopic (exact) mass is 262 g/mol. The van der Waals surface area contributed by atoms with E-state index in [0.717, 1.165) is 0 Å². The van der Waals surface area contributed by atoms with E-state index >= 15 is 0 Å². The molecule has 0 saturated heterocycles. The first-order valence-corrected chi connectivity index (χ1v) is 5.52. The van der Waals surface area contributed by atoms with Crippen molar-refractivity contribution in [3.05, 3.63) is 0 Å². The highest BCUT2D eigenvalue weighted by Crippen LogP contribution is 2.35. The van der Waals surface area contributed by atoms with E-state index in [0.29, 0.717) is 0 Å². The number of carbonyl (C=O) groups excluding carboxylic acids is 1. The molecular weight excluding hydrogens is 247 g/mol. The van der Waals surface area contributed by atoms with Crippen molar-refractivity contribution < 1.29 is 45.5 Å². The lowest BCUT2D eigenvalue weighted by Crippen LogP contribution is -2.46. The minimum atomic E-state index is -4.85. The maximum atomic E-state index is 10.3. The lowest BCUT2D eigenvalue weighted by Gasteiger charge is -2.23. The first kappa shape index (κ1) is 13.7. The SMILES string of the molecule is [3H]C(=O)[C@H](O)[C@@H](O)[C@H](O)[C@H](O)COP(=O)(O)O. The van der Waals surface area contributed by atoms with Gasteiger partial charge in [-0.1, -0.05) is 0 Å². The molecule has 0 saturated carbocycles. The zero-order chi connectivity index (χ0) is 13.8. The van der Waals surface area contributed by atoms with Crippen LogP contribution in [0.5, 0.6) is 0 Å². The van der Waals surface area contributed by atoms with E-state index in [2.05, 4.69) is 4.52 Å². The maximum absolute atomic E-state index is 10.3. The first-order chi connectivity index (χ1) is 7.56. The fraction of sp³-hybridized carbons (Fsp3) is 0.833. The van der Waals surface area contributed by atoms with Crippen LogP contribution in [0, 0.1) is 0 Å². The molecule has 0 bridgehead atoms. The maximum Gasteiger partial charge on any atom is 0.469 e. The van der Waals surface area contributed by atoms with Gasteiger partial charge in [0.1, 0.15) is 25.8 Å². The third-order valence-corrected chi connectivity index (χ3v) is 2.09. The molecule has 0 amide bonds. The normalized spacial score (nSPS) is 20.8. The molecule has 0 aliphatic rings. The highest BCUT2D eigenvalue weighted by Gasteiger charge is 2.31. The number of phosphoric acid groups is 1. The summed E-state index contributed by atoms with van der Waals surface area (Å²) >= 11 is 0. The van der Waals surface area contributed by atoms with Crippen molar-refractivity contribution in [2.75, 3.05) is 6.61 Å². The van der Waals surface area contributed by atoms with Crippen LogP contribution in [0.3, 0.4) is 0 Å². The summed E-state index contributed by atoms with van der Waals surface area (Å²) < 4.78 is 20.5. The van der Waals surface area contributed by atoms with Gasteiger partial charge in [0.25, 0.3) is 0 Å². The summed E-state index contributed by atoms with van der Waals surface area (Å²) in [5.41, 5.74) is 0. The van der Waals surface area contributed by atoms with Gasteiger partial charge in [-0.3, -0.25) is 4.52 Å². The molecule has 0 aliphatic heterocycles. The smallest absolute Gasteiger partial charge is 0.388 e. The molecule has 9 nitrogen and oxygen atoms in total. The fourth-order valence-electron chi connectivity index (χ4n) is 0.756. The molecule has 0 aromatic rings. The Bertz CT molecular complexity index is 304. The Labute approximate surface area is 91.6 Å². The van der Waals surface area contributed by atoms with Crippen LogP contribution < -0.4 is 0 Å². The van der Waals surface area contributed by atoms with Crippen molar-refractivity contribution in [1.29, 1.82) is 0 Å². The largest absolute Gasteiger partial charge is 0.469 e. The first-order valence-electron chi connectivity index (χ1n) is 4.49. The van der Waals surface area contributed by atoms with E-state index in [1.54, 1.807) is 0 Å². The van der Waals surface area contributed by atoms with E-state index in [1.165, 1.54) is 0 Å². The molecule has 0 heterocycles. The molecule has 0 radical (unpaired) electrons. The molecule has 0 spiro atoms. The molecule has 6 N–H and O–H groups in total. The van der Waals surface area contributed by atoms with E-state index < -0.39 is 45.1 Å². The van der Waals surface area contributed by atoms with E-state index in [-0.39, 0.29) is 0 Å². The van der Waals surface area contributed by atoms with Crippen molar-refractivity contribution in [3.8, 4) is 0 Å². The molecule has 4 atom stereocenters. The zero-order valence-electron chi connectivity index (χ0n) is 8.87. The Kier molecular flexibility index (Phi) is 5.46. The van der Waals surface area contributed by atoms with Gasteiger partial charge in [-0.25, -0.2) is 4.57 Å². The predicted octanol–water partition coefficient (Wildman–Crippen LogP) is -3.26. The quantitative estimate of drug-likeness (QED) is 0.204. The molecule has 0 unspecified atom stereocenters. The minimum absolute atomic E-state index is 1.03. The number of aliphatic hydroxyl groups excluding tert-OH is 4. The number of hydrogen-bond donors (Lipinski definition) is 6. The van der Waals surface area contributed by atoms with Gasteiger partial charge in [0.15, 0.2) is 6.26 Å². The van der Waals surface area contributed by atoms with Crippen LogP contribution in [0.25, 0.3) is 0 Å². The molecule has 16 heavy (non-hydrogen) atoms. The lowest BCUT2D eigenvalue weighted by molar-refractivity contribution is -0.136. The third-order valence-electron chi connectivity index (χ3n) is 1.60. The Morgan fingerprint density at radius 2 is 1.75 bits per heavy atom. The molecule has 0 fully saturated rings. The molecule has 0 aliphatic carbocycles. The van der Waals surface area contributed by atoms with Crippen LogP contribution in [0.15, 0.2) is 0 Å². The standard InChI is InChI=1S/C6H13O9P/c7-1-3(8)5(10)6(11)4(9)2-15-16(12,13)14/h1,3-6,8-11H,2H2,(H2,12,13,14)/t3-,4+,5+,6+/m0/s1/i1T. The second-order valence-corrected chi connectivity index (χ2v) is 4.14. The van der Waals surface area contributed by atoms with Gasteiger partial charge in [0.05, 0.1) is 6.61 Å². The number of aliphatic hydroxyl groups is 4. The zero-order valence-corrected chi connectivity index (χ0v) is 8.77. The fourth-order valence-corrected chi connectivity index (χ4v) is 1.10. The average Bonchev–Trinajstić information content (AvgIpc) is 2.21. The van der Waals surface area contributed by atoms with Crippen molar-refractivity contribution in [1.82, 2.24) is 0 Å². The van der Waals surface area contributed by atoms with E-state index in [4.69, 9.17) is 26.5 Å². The Morgan fingerprint density at radius 1 is 1.25 bits per heavy atom. The molecule has 0 rings (SSSR count). The Hall–Kier alpha value is -0.380. The summed E-state index contributed by atoms with van der Waals surface area (Å²) in [6.07, 6.45) is -10.1. The highest BCUT2D eigenvalue weighted by atomic mass is 31.2. The summed E-state index contributed by atoms with van der Waals surface area (Å²) in [7, 11) is -4.85. The summed E-state index contributed by atoms with van der Waals surface area (Å²) in [5.74, 6) is 0. The minimum Gasteiger partial charge on any atom is -0.388 e. The van der Waals surface area contributed by atoms with Gasteiger partial charge in [0, 0.05) is 0 Å². The van der Waals surface area contributed by atoms with Gasteiger partial charge in [-0.15, -0.1) is 0 Å². The van der Waals surface area contributed by atoms with Crippen molar-refractivity contribution in [3.63, 3.8) is 0 Å². The summed E-state index contributed by atoms with van der Waals surface area (Å²) in [5, 5.41) is 36.3. The predicted molar refractivity (Wildman–Crippen MR) is 48.1 cm³/mol. The van der Waals surface area contributed by atoms with Crippen LogP contribution in [-0.2, 0) is 13.9 Å². The van der Waals surface area contributed by atoms with Gasteiger partial charge in [0.2, 0.25) is 0 Å². The van der Waals surface area contributed by atoms with Gasteiger partial charge in [-0.2, -0.15) is 0 Å². The third kappa shape index (κ3) is 5.64. The van der Waals surface area contributed by atoms with Crippen LogP contribution in [-0.4, -0.2) is 67.5 Å². The second kappa shape index (κ2) is 6.38. The van der Waals surface area contributed by atoms with Gasteiger partial charge in [-0.05, 0) is 0 Å². The lowest BCUT2D eigenvalue weighted by atomic mass is 10.0. The molecule has 0 aromatic heterocycles. The number of rotatable bonds is 7. The number of hydrogen-bond acceptors (Lipinski definition) is 7. The highest BCUT2D eigenvalue weighted by molar-refractivity contribution is 7.46. The summed E-state index contributed by atoms with van der Waals surface area (Å²) in [6.45, 7) is -1.03. The van der Waals surface area contributed by atoms with E-state index in [1.807, 2.05) is 0 Å². The average molecular weight is 262 g/mol. The number of aldehydes is 1. The summed E-state index contributed by atoms with van der Waals surface area (Å²) in [4.78, 5) is 26.9. The van der Waals surface area contributed by atoms with Gasteiger partial charge < -0.3 is 35.0 Å². The van der Waals surface area contributed by atoms with Crippen molar-refractivity contribution in [2.45, 2.75) is 24.4 Å². The Balaban J connectivity index is 4.34. The van der Waals surface area contributed by atoms with Gasteiger partial charge >= 0.3 is 7.82 Å². The van der Waals surface area contributed by atoms with Crippen LogP contribution in [0.2, 0.25) is 0 Å². The van der Waals surface area contributed by atoms with Crippen molar-refractivity contribution in [2.24, 2.45) is 0 Å². The van der Waals surface area contributed by atoms with Crippen LogP contribution >= 0.6 is 7.82 Å². The number of carbonyl (C=O) groups is 1. The van der Waals surface area contributed by atoms with Crippen LogP contribution in [0.1, 0.15) is 1.37 Å².